The van der Waals surface area contributed by atoms with Gasteiger partial charge >= 0.3 is 0 Å². The zero-order valence-electron chi connectivity index (χ0n) is 14.9. The smallest absolute Gasteiger partial charge is 0.253 e. The Kier molecular flexibility index (Phi) is 4.56. The van der Waals surface area contributed by atoms with Crippen LogP contribution in [0.5, 0.6) is 0 Å². The van der Waals surface area contributed by atoms with Gasteiger partial charge in [-0.05, 0) is 43.4 Å². The van der Waals surface area contributed by atoms with E-state index in [2.05, 4.69) is 28.2 Å². The van der Waals surface area contributed by atoms with E-state index in [0.717, 1.165) is 49.4 Å². The zero-order chi connectivity index (χ0) is 17.9. The standard InChI is InChI=1S/C20H23N5O/c1-15-12-23-25(13-15)14-16-5-9-24(10-6-16)20(26)18-4-2-3-17(11-18)19-21-7-8-22-19/h2-4,7-8,11-13,16H,5-6,9-10,14H2,1H3,(H,21,22). The highest BCUT2D eigenvalue weighted by molar-refractivity contribution is 5.95. The molecule has 6 heteroatoms. The van der Waals surface area contributed by atoms with Gasteiger partial charge in [-0.1, -0.05) is 12.1 Å². The first-order valence-electron chi connectivity index (χ1n) is 9.07. The number of benzene rings is 1. The number of hydrogen-bond donors (Lipinski definition) is 1. The summed E-state index contributed by atoms with van der Waals surface area (Å²) in [7, 11) is 0. The van der Waals surface area contributed by atoms with E-state index in [1.165, 1.54) is 5.56 Å². The second-order valence-corrected chi connectivity index (χ2v) is 6.99. The number of hydrogen-bond acceptors (Lipinski definition) is 3. The van der Waals surface area contributed by atoms with Gasteiger partial charge in [0.2, 0.25) is 0 Å². The first kappa shape index (κ1) is 16.6. The highest BCUT2D eigenvalue weighted by atomic mass is 16.2. The van der Waals surface area contributed by atoms with Crippen LogP contribution >= 0.6 is 0 Å². The normalized spacial score (nSPS) is 15.3. The highest BCUT2D eigenvalue weighted by Crippen LogP contribution is 2.22. The third-order valence-electron chi connectivity index (χ3n) is 4.99. The monoisotopic (exact) mass is 349 g/mol. The summed E-state index contributed by atoms with van der Waals surface area (Å²) in [6.45, 7) is 4.59. The molecule has 3 aromatic rings. The van der Waals surface area contributed by atoms with Crippen LogP contribution in [0.2, 0.25) is 0 Å². The summed E-state index contributed by atoms with van der Waals surface area (Å²) in [6, 6.07) is 7.68. The number of carbonyl (C=O) groups is 1. The van der Waals surface area contributed by atoms with Gasteiger partial charge in [0.05, 0.1) is 6.20 Å². The fourth-order valence-electron chi connectivity index (χ4n) is 3.56. The van der Waals surface area contributed by atoms with Crippen molar-refractivity contribution in [1.29, 1.82) is 0 Å². The average Bonchev–Trinajstić information content (AvgIpc) is 3.34. The van der Waals surface area contributed by atoms with E-state index in [4.69, 9.17) is 0 Å². The van der Waals surface area contributed by atoms with Crippen LogP contribution in [-0.2, 0) is 6.54 Å². The first-order chi connectivity index (χ1) is 12.7. The predicted molar refractivity (Wildman–Crippen MR) is 99.6 cm³/mol. The largest absolute Gasteiger partial charge is 0.345 e. The van der Waals surface area contributed by atoms with Crippen molar-refractivity contribution >= 4 is 5.91 Å². The van der Waals surface area contributed by atoms with E-state index in [1.807, 2.05) is 40.0 Å². The maximum Gasteiger partial charge on any atom is 0.253 e. The van der Waals surface area contributed by atoms with Gasteiger partial charge in [0.1, 0.15) is 5.82 Å². The van der Waals surface area contributed by atoms with Crippen LogP contribution in [0.1, 0.15) is 28.8 Å². The minimum Gasteiger partial charge on any atom is -0.345 e. The molecule has 0 radical (unpaired) electrons. The van der Waals surface area contributed by atoms with E-state index >= 15 is 0 Å². The molecule has 0 unspecified atom stereocenters. The second-order valence-electron chi connectivity index (χ2n) is 6.99. The minimum absolute atomic E-state index is 0.104. The number of nitrogens with zero attached hydrogens (tertiary/aromatic N) is 4. The number of piperidine rings is 1. The van der Waals surface area contributed by atoms with Crippen LogP contribution in [0.3, 0.4) is 0 Å². The molecule has 1 N–H and O–H groups in total. The van der Waals surface area contributed by atoms with Gasteiger partial charge in [0, 0.05) is 49.4 Å². The molecular formula is C20H23N5O. The van der Waals surface area contributed by atoms with E-state index in [0.29, 0.717) is 5.92 Å². The molecule has 1 aromatic carbocycles. The zero-order valence-corrected chi connectivity index (χ0v) is 14.9. The lowest BCUT2D eigenvalue weighted by molar-refractivity contribution is 0.0681. The molecule has 1 saturated heterocycles. The maximum atomic E-state index is 12.9. The summed E-state index contributed by atoms with van der Waals surface area (Å²) in [4.78, 5) is 22.2. The Morgan fingerprint density at radius 1 is 1.31 bits per heavy atom. The lowest BCUT2D eigenvalue weighted by atomic mass is 9.96. The van der Waals surface area contributed by atoms with E-state index in [9.17, 15) is 4.79 Å². The summed E-state index contributed by atoms with van der Waals surface area (Å²) in [6.07, 6.45) is 9.51. The third kappa shape index (κ3) is 3.54. The fraction of sp³-hybridized carbons (Fsp3) is 0.350. The molecule has 1 aliphatic rings. The first-order valence-corrected chi connectivity index (χ1v) is 9.07. The molecule has 0 atom stereocenters. The quantitative estimate of drug-likeness (QED) is 0.787. The van der Waals surface area contributed by atoms with Crippen molar-refractivity contribution in [2.24, 2.45) is 5.92 Å². The van der Waals surface area contributed by atoms with Gasteiger partial charge in [0.25, 0.3) is 5.91 Å². The highest BCUT2D eigenvalue weighted by Gasteiger charge is 2.24. The van der Waals surface area contributed by atoms with Crippen molar-refractivity contribution < 1.29 is 4.79 Å². The van der Waals surface area contributed by atoms with Crippen LogP contribution in [-0.4, -0.2) is 43.6 Å². The van der Waals surface area contributed by atoms with Crippen LogP contribution in [0, 0.1) is 12.8 Å². The van der Waals surface area contributed by atoms with Crippen molar-refractivity contribution in [2.45, 2.75) is 26.3 Å². The van der Waals surface area contributed by atoms with Crippen LogP contribution in [0.15, 0.2) is 49.1 Å². The molecular weight excluding hydrogens is 326 g/mol. The lowest BCUT2D eigenvalue weighted by Gasteiger charge is -2.32. The Hall–Kier alpha value is -2.89. The van der Waals surface area contributed by atoms with Gasteiger partial charge in [-0.15, -0.1) is 0 Å². The van der Waals surface area contributed by atoms with Crippen LogP contribution < -0.4 is 0 Å². The summed E-state index contributed by atoms with van der Waals surface area (Å²) in [5.41, 5.74) is 2.85. The van der Waals surface area contributed by atoms with Crippen LogP contribution in [0.4, 0.5) is 0 Å². The summed E-state index contributed by atoms with van der Waals surface area (Å²) in [5, 5.41) is 4.37. The molecule has 2 aromatic heterocycles. The number of rotatable bonds is 4. The summed E-state index contributed by atoms with van der Waals surface area (Å²) < 4.78 is 2.02. The minimum atomic E-state index is 0.104. The van der Waals surface area contributed by atoms with E-state index in [-0.39, 0.29) is 5.91 Å². The molecule has 134 valence electrons. The number of nitrogens with one attached hydrogen (secondary N) is 1. The number of aromatic amines is 1. The number of aryl methyl sites for hydroxylation is 1. The number of imidazole rings is 1. The molecule has 4 rings (SSSR count). The molecule has 0 bridgehead atoms. The number of likely N-dealkylation sites (tertiary alicyclic amines) is 1. The van der Waals surface area contributed by atoms with Crippen molar-refractivity contribution in [3.8, 4) is 11.4 Å². The number of H-pyrrole nitrogens is 1. The Morgan fingerprint density at radius 2 is 2.15 bits per heavy atom. The Labute approximate surface area is 152 Å². The topological polar surface area (TPSA) is 66.8 Å². The molecule has 1 fully saturated rings. The van der Waals surface area contributed by atoms with Gasteiger partial charge in [0.15, 0.2) is 0 Å². The van der Waals surface area contributed by atoms with Crippen molar-refractivity contribution in [2.75, 3.05) is 13.1 Å². The molecule has 0 aliphatic carbocycles. The molecule has 26 heavy (non-hydrogen) atoms. The number of carbonyl (C=O) groups excluding carboxylic acids is 1. The molecule has 1 aliphatic heterocycles. The van der Waals surface area contributed by atoms with Crippen LogP contribution in [0.25, 0.3) is 11.4 Å². The van der Waals surface area contributed by atoms with Crippen molar-refractivity contribution in [1.82, 2.24) is 24.6 Å². The SMILES string of the molecule is Cc1cnn(CC2CCN(C(=O)c3cccc(-c4ncc[nH]4)c3)CC2)c1. The van der Waals surface area contributed by atoms with Gasteiger partial charge < -0.3 is 9.88 Å². The molecule has 0 spiro atoms. The Bertz CT molecular complexity index is 875. The molecule has 1 amide bonds. The Balaban J connectivity index is 1.38. The second kappa shape index (κ2) is 7.15. The van der Waals surface area contributed by atoms with Crippen molar-refractivity contribution in [3.63, 3.8) is 0 Å². The Morgan fingerprint density at radius 3 is 2.85 bits per heavy atom. The lowest BCUT2D eigenvalue weighted by Crippen LogP contribution is -2.39. The van der Waals surface area contributed by atoms with E-state index < -0.39 is 0 Å². The fourth-order valence-corrected chi connectivity index (χ4v) is 3.56. The molecule has 0 saturated carbocycles. The predicted octanol–water partition coefficient (Wildman–Crippen LogP) is 3.13. The summed E-state index contributed by atoms with van der Waals surface area (Å²) >= 11 is 0. The maximum absolute atomic E-state index is 12.9. The van der Waals surface area contributed by atoms with Gasteiger partial charge in [-0.25, -0.2) is 4.98 Å². The van der Waals surface area contributed by atoms with Gasteiger partial charge in [-0.3, -0.25) is 9.48 Å². The van der Waals surface area contributed by atoms with Crippen molar-refractivity contribution in [3.05, 3.63) is 60.2 Å². The average molecular weight is 349 g/mol. The molecule has 6 nitrogen and oxygen atoms in total. The third-order valence-corrected chi connectivity index (χ3v) is 4.99. The summed E-state index contributed by atoms with van der Waals surface area (Å²) in [5.74, 6) is 1.47. The molecule has 3 heterocycles. The number of amides is 1. The van der Waals surface area contributed by atoms with Gasteiger partial charge in [-0.2, -0.15) is 5.10 Å². The van der Waals surface area contributed by atoms with E-state index in [1.54, 1.807) is 12.4 Å². The number of aromatic nitrogens is 4.